The number of carbonyl (C=O) groups is 1. The molecule has 1 N–H and O–H groups in total. The van der Waals surface area contributed by atoms with Gasteiger partial charge in [0.25, 0.3) is 0 Å². The SMILES string of the molecule is CC#CC(CC(=O)O)c1ccc(OCc2ccc(CCN3CCc4ccccc4C3)cc2)cc1. The normalized spacial score (nSPS) is 13.9. The number of rotatable bonds is 9. The van der Waals surface area contributed by atoms with Crippen molar-refractivity contribution >= 4 is 5.97 Å². The molecule has 0 bridgehead atoms. The van der Waals surface area contributed by atoms with E-state index < -0.39 is 5.97 Å². The maximum absolute atomic E-state index is 11.1. The van der Waals surface area contributed by atoms with Crippen LogP contribution in [0.25, 0.3) is 0 Å². The summed E-state index contributed by atoms with van der Waals surface area (Å²) in [4.78, 5) is 13.6. The highest BCUT2D eigenvalue weighted by Gasteiger charge is 2.15. The van der Waals surface area contributed by atoms with Crippen molar-refractivity contribution in [1.29, 1.82) is 0 Å². The predicted molar refractivity (Wildman–Crippen MR) is 135 cm³/mol. The number of fused-ring (bicyclic) bond motifs is 1. The van der Waals surface area contributed by atoms with Crippen LogP contribution in [0.4, 0.5) is 0 Å². The minimum atomic E-state index is -0.849. The van der Waals surface area contributed by atoms with Crippen molar-refractivity contribution in [3.8, 4) is 17.6 Å². The molecule has 34 heavy (non-hydrogen) atoms. The first kappa shape index (κ1) is 23.6. The van der Waals surface area contributed by atoms with Crippen LogP contribution in [-0.4, -0.2) is 29.1 Å². The molecule has 0 spiro atoms. The molecule has 3 aromatic carbocycles. The summed E-state index contributed by atoms with van der Waals surface area (Å²) < 4.78 is 5.94. The Morgan fingerprint density at radius 2 is 1.71 bits per heavy atom. The van der Waals surface area contributed by atoms with Gasteiger partial charge in [-0.25, -0.2) is 0 Å². The van der Waals surface area contributed by atoms with Crippen LogP contribution in [0.5, 0.6) is 5.75 Å². The first-order valence-corrected chi connectivity index (χ1v) is 11.8. The van der Waals surface area contributed by atoms with Gasteiger partial charge in [0.05, 0.1) is 12.3 Å². The molecular formula is C30H31NO3. The van der Waals surface area contributed by atoms with E-state index in [4.69, 9.17) is 9.84 Å². The molecule has 0 saturated carbocycles. The third-order valence-electron chi connectivity index (χ3n) is 6.33. The average molecular weight is 454 g/mol. The standard InChI is InChI=1S/C30H31NO3/c1-2-5-27(20-30(32)33)26-12-14-29(15-13-26)34-22-24-10-8-23(9-11-24)16-18-31-19-17-25-6-3-4-7-28(25)21-31/h3-4,6-15,27H,16-22H2,1H3,(H,32,33). The molecule has 1 unspecified atom stereocenters. The summed E-state index contributed by atoms with van der Waals surface area (Å²) in [5, 5.41) is 9.10. The van der Waals surface area contributed by atoms with Gasteiger partial charge in [-0.15, -0.1) is 5.92 Å². The van der Waals surface area contributed by atoms with E-state index in [1.165, 1.54) is 16.7 Å². The maximum Gasteiger partial charge on any atom is 0.304 e. The smallest absolute Gasteiger partial charge is 0.304 e. The summed E-state index contributed by atoms with van der Waals surface area (Å²) in [7, 11) is 0. The average Bonchev–Trinajstić information content (AvgIpc) is 2.86. The largest absolute Gasteiger partial charge is 0.489 e. The highest BCUT2D eigenvalue weighted by atomic mass is 16.5. The van der Waals surface area contributed by atoms with Gasteiger partial charge in [0, 0.05) is 19.6 Å². The summed E-state index contributed by atoms with van der Waals surface area (Å²) in [6.45, 7) is 5.47. The number of ether oxygens (including phenoxy) is 1. The van der Waals surface area contributed by atoms with Gasteiger partial charge < -0.3 is 9.84 Å². The summed E-state index contributed by atoms with van der Waals surface area (Å²) >= 11 is 0. The number of hydrogen-bond acceptors (Lipinski definition) is 3. The summed E-state index contributed by atoms with van der Waals surface area (Å²) in [6.07, 6.45) is 2.18. The summed E-state index contributed by atoms with van der Waals surface area (Å²) in [5.41, 5.74) is 6.32. The highest BCUT2D eigenvalue weighted by molar-refractivity contribution is 5.69. The van der Waals surface area contributed by atoms with E-state index in [1.54, 1.807) is 6.92 Å². The van der Waals surface area contributed by atoms with Crippen LogP contribution in [0.1, 0.15) is 47.1 Å². The molecule has 0 radical (unpaired) electrons. The third kappa shape index (κ3) is 6.50. The van der Waals surface area contributed by atoms with Gasteiger partial charge in [0.1, 0.15) is 12.4 Å². The molecule has 3 aromatic rings. The lowest BCUT2D eigenvalue weighted by atomic mass is 9.96. The second-order valence-electron chi connectivity index (χ2n) is 8.76. The van der Waals surface area contributed by atoms with E-state index in [1.807, 2.05) is 24.3 Å². The number of carboxylic acid groups (broad SMARTS) is 1. The van der Waals surface area contributed by atoms with E-state index >= 15 is 0 Å². The molecule has 0 aromatic heterocycles. The molecule has 1 atom stereocenters. The van der Waals surface area contributed by atoms with Gasteiger partial charge in [0.2, 0.25) is 0 Å². The first-order chi connectivity index (χ1) is 16.6. The van der Waals surface area contributed by atoms with Crippen molar-refractivity contribution in [2.24, 2.45) is 0 Å². The second kappa shape index (κ2) is 11.5. The van der Waals surface area contributed by atoms with Gasteiger partial charge in [-0.05, 0) is 59.7 Å². The Hall–Kier alpha value is -3.55. The first-order valence-electron chi connectivity index (χ1n) is 11.8. The zero-order valence-electron chi connectivity index (χ0n) is 19.7. The van der Waals surface area contributed by atoms with E-state index in [0.29, 0.717) is 6.61 Å². The molecule has 1 heterocycles. The second-order valence-corrected chi connectivity index (χ2v) is 8.76. The number of benzene rings is 3. The van der Waals surface area contributed by atoms with E-state index in [-0.39, 0.29) is 12.3 Å². The number of aliphatic carboxylic acids is 1. The van der Waals surface area contributed by atoms with Crippen LogP contribution in [0.3, 0.4) is 0 Å². The van der Waals surface area contributed by atoms with Crippen molar-refractivity contribution in [3.05, 3.63) is 101 Å². The molecule has 4 rings (SSSR count). The van der Waals surface area contributed by atoms with E-state index in [0.717, 1.165) is 49.4 Å². The van der Waals surface area contributed by atoms with Gasteiger partial charge >= 0.3 is 5.97 Å². The van der Waals surface area contributed by atoms with Gasteiger partial charge in [-0.2, -0.15) is 0 Å². The molecular weight excluding hydrogens is 422 g/mol. The lowest BCUT2D eigenvalue weighted by Gasteiger charge is -2.28. The topological polar surface area (TPSA) is 49.8 Å². The van der Waals surface area contributed by atoms with Crippen LogP contribution in [0, 0.1) is 11.8 Å². The van der Waals surface area contributed by atoms with Gasteiger partial charge in [-0.1, -0.05) is 66.6 Å². The zero-order chi connectivity index (χ0) is 23.8. The maximum atomic E-state index is 11.1. The molecule has 0 aliphatic carbocycles. The Morgan fingerprint density at radius 1 is 1.00 bits per heavy atom. The van der Waals surface area contributed by atoms with Crippen LogP contribution in [0.2, 0.25) is 0 Å². The number of hydrogen-bond donors (Lipinski definition) is 1. The molecule has 4 nitrogen and oxygen atoms in total. The Morgan fingerprint density at radius 3 is 2.41 bits per heavy atom. The summed E-state index contributed by atoms with van der Waals surface area (Å²) in [5.74, 6) is 5.40. The molecule has 174 valence electrons. The number of carboxylic acids is 1. The van der Waals surface area contributed by atoms with Crippen LogP contribution in [0.15, 0.2) is 72.8 Å². The van der Waals surface area contributed by atoms with E-state index in [9.17, 15) is 4.79 Å². The molecule has 4 heteroatoms. The monoisotopic (exact) mass is 453 g/mol. The third-order valence-corrected chi connectivity index (χ3v) is 6.33. The zero-order valence-corrected chi connectivity index (χ0v) is 19.7. The molecule has 1 aliphatic heterocycles. The quantitative estimate of drug-likeness (QED) is 0.438. The lowest BCUT2D eigenvalue weighted by Crippen LogP contribution is -2.32. The summed E-state index contributed by atoms with van der Waals surface area (Å²) in [6, 6.07) is 25.0. The lowest BCUT2D eigenvalue weighted by molar-refractivity contribution is -0.137. The Balaban J connectivity index is 1.25. The molecule has 0 amide bonds. The van der Waals surface area contributed by atoms with Gasteiger partial charge in [-0.3, -0.25) is 9.69 Å². The van der Waals surface area contributed by atoms with Crippen molar-refractivity contribution in [2.75, 3.05) is 13.1 Å². The van der Waals surface area contributed by atoms with Gasteiger partial charge in [0.15, 0.2) is 0 Å². The predicted octanol–water partition coefficient (Wildman–Crippen LogP) is 5.45. The van der Waals surface area contributed by atoms with E-state index in [2.05, 4.69) is 65.3 Å². The fourth-order valence-corrected chi connectivity index (χ4v) is 4.40. The minimum Gasteiger partial charge on any atom is -0.489 e. The molecule has 0 saturated heterocycles. The fourth-order valence-electron chi connectivity index (χ4n) is 4.40. The molecule has 0 fully saturated rings. The van der Waals surface area contributed by atoms with Crippen LogP contribution >= 0.6 is 0 Å². The Bertz CT molecular complexity index is 1160. The van der Waals surface area contributed by atoms with Crippen molar-refractivity contribution in [3.63, 3.8) is 0 Å². The minimum absolute atomic E-state index is 0.00154. The molecule has 1 aliphatic rings. The van der Waals surface area contributed by atoms with Crippen molar-refractivity contribution in [1.82, 2.24) is 4.90 Å². The Kier molecular flexibility index (Phi) is 8.01. The van der Waals surface area contributed by atoms with Crippen LogP contribution in [-0.2, 0) is 30.8 Å². The van der Waals surface area contributed by atoms with Crippen molar-refractivity contribution in [2.45, 2.75) is 45.3 Å². The van der Waals surface area contributed by atoms with Crippen LogP contribution < -0.4 is 4.74 Å². The van der Waals surface area contributed by atoms with Crippen molar-refractivity contribution < 1.29 is 14.6 Å². The Labute approximate surface area is 202 Å². The number of nitrogens with zero attached hydrogens (tertiary/aromatic N) is 1. The fraction of sp³-hybridized carbons (Fsp3) is 0.300. The highest BCUT2D eigenvalue weighted by Crippen LogP contribution is 2.23.